The lowest BCUT2D eigenvalue weighted by molar-refractivity contribution is 0.0332. The zero-order valence-electron chi connectivity index (χ0n) is 15.7. The molecule has 1 aliphatic rings. The monoisotopic (exact) mass is 415 g/mol. The molecule has 0 radical (unpaired) electrons. The van der Waals surface area contributed by atoms with E-state index in [1.54, 1.807) is 12.1 Å². The highest BCUT2D eigenvalue weighted by Crippen LogP contribution is 2.18. The highest BCUT2D eigenvalue weighted by molar-refractivity contribution is 5.94. The Labute approximate surface area is 169 Å². The van der Waals surface area contributed by atoms with Crippen LogP contribution in [0.15, 0.2) is 34.0 Å². The van der Waals surface area contributed by atoms with Crippen molar-refractivity contribution in [3.63, 3.8) is 0 Å². The van der Waals surface area contributed by atoms with Crippen molar-refractivity contribution in [1.82, 2.24) is 35.6 Å². The number of ether oxygens (including phenoxy) is 1. The lowest BCUT2D eigenvalue weighted by atomic mass is 10.2. The Hall–Kier alpha value is -3.71. The summed E-state index contributed by atoms with van der Waals surface area (Å²) in [5.41, 5.74) is 8.79. The molecule has 3 N–H and O–H groups in total. The van der Waals surface area contributed by atoms with E-state index < -0.39 is 11.7 Å². The number of hydrogen-bond donors (Lipinski definition) is 2. The average Bonchev–Trinajstić information content (AvgIpc) is 3.36. The highest BCUT2D eigenvalue weighted by atomic mass is 19.1. The van der Waals surface area contributed by atoms with Crippen LogP contribution >= 0.6 is 0 Å². The van der Waals surface area contributed by atoms with E-state index >= 15 is 0 Å². The number of carbonyl (C=O) groups excluding carboxylic acids is 1. The van der Waals surface area contributed by atoms with E-state index in [-0.39, 0.29) is 22.9 Å². The third-order valence-corrected chi connectivity index (χ3v) is 4.43. The molecule has 13 heteroatoms. The standard InChI is InChI=1S/C17H18FN9O3/c18-12-4-2-1-3-11(12)9-20-22-17(28)14-13(10-26-5-7-29-8-6-26)27(25-21-14)16-15(19)23-30-24-16/h1-4,9H,5-8,10H2,(H2,19,23)(H,22,28)/b20-9+. The second kappa shape index (κ2) is 8.75. The van der Waals surface area contributed by atoms with Crippen LogP contribution in [0.3, 0.4) is 0 Å². The number of hydrogen-bond acceptors (Lipinski definition) is 10. The highest BCUT2D eigenvalue weighted by Gasteiger charge is 2.26. The van der Waals surface area contributed by atoms with E-state index in [4.69, 9.17) is 10.5 Å². The maximum Gasteiger partial charge on any atom is 0.293 e. The third kappa shape index (κ3) is 4.16. The van der Waals surface area contributed by atoms with Gasteiger partial charge in [0, 0.05) is 25.2 Å². The molecule has 30 heavy (non-hydrogen) atoms. The summed E-state index contributed by atoms with van der Waals surface area (Å²) in [6, 6.07) is 6.05. The number of benzene rings is 1. The minimum atomic E-state index is -0.618. The van der Waals surface area contributed by atoms with Crippen LogP contribution < -0.4 is 11.2 Å². The first kappa shape index (κ1) is 19.6. The molecule has 12 nitrogen and oxygen atoms in total. The van der Waals surface area contributed by atoms with Gasteiger partial charge in [-0.1, -0.05) is 23.4 Å². The van der Waals surface area contributed by atoms with Gasteiger partial charge in [0.05, 0.1) is 25.1 Å². The molecular formula is C17H18FN9O3. The van der Waals surface area contributed by atoms with Crippen LogP contribution in [0, 0.1) is 5.82 Å². The third-order valence-electron chi connectivity index (χ3n) is 4.43. The Balaban J connectivity index is 1.58. The second-order valence-electron chi connectivity index (χ2n) is 6.38. The van der Waals surface area contributed by atoms with Gasteiger partial charge >= 0.3 is 0 Å². The Morgan fingerprint density at radius 3 is 2.83 bits per heavy atom. The molecule has 0 unspecified atom stereocenters. The fourth-order valence-corrected chi connectivity index (χ4v) is 2.89. The molecule has 0 bridgehead atoms. The van der Waals surface area contributed by atoms with Crippen LogP contribution in [0.25, 0.3) is 5.82 Å². The quantitative estimate of drug-likeness (QED) is 0.418. The average molecular weight is 415 g/mol. The smallest absolute Gasteiger partial charge is 0.293 e. The van der Waals surface area contributed by atoms with Gasteiger partial charge in [-0.25, -0.2) is 14.4 Å². The number of carbonyl (C=O) groups is 1. The summed E-state index contributed by atoms with van der Waals surface area (Å²) < 4.78 is 25.0. The topological polar surface area (TPSA) is 150 Å². The molecule has 2 aromatic heterocycles. The summed E-state index contributed by atoms with van der Waals surface area (Å²) in [6.07, 6.45) is 1.21. The number of nitrogens with two attached hydrogens (primary N) is 1. The molecule has 1 aliphatic heterocycles. The predicted octanol–water partition coefficient (Wildman–Crippen LogP) is -0.0323. The molecule has 0 aliphatic carbocycles. The Kier molecular flexibility index (Phi) is 5.72. The van der Waals surface area contributed by atoms with Crippen LogP contribution in [-0.4, -0.2) is 68.6 Å². The first-order chi connectivity index (χ1) is 14.6. The lowest BCUT2D eigenvalue weighted by Gasteiger charge is -2.26. The van der Waals surface area contributed by atoms with Crippen LogP contribution in [0.4, 0.5) is 10.2 Å². The SMILES string of the molecule is Nc1nonc1-n1nnc(C(=O)N/N=C/c2ccccc2F)c1CN1CCOCC1. The zero-order valence-corrected chi connectivity index (χ0v) is 15.7. The Bertz CT molecular complexity index is 1060. The van der Waals surface area contributed by atoms with Crippen LogP contribution in [0.2, 0.25) is 0 Å². The number of morpholine rings is 1. The van der Waals surface area contributed by atoms with Crippen molar-refractivity contribution in [3.05, 3.63) is 47.0 Å². The minimum Gasteiger partial charge on any atom is -0.379 e. The minimum absolute atomic E-state index is 0.00709. The van der Waals surface area contributed by atoms with Gasteiger partial charge < -0.3 is 10.5 Å². The number of amides is 1. The molecule has 4 rings (SSSR count). The molecule has 0 spiro atoms. The van der Waals surface area contributed by atoms with E-state index in [2.05, 4.69) is 40.7 Å². The molecule has 1 saturated heterocycles. The van der Waals surface area contributed by atoms with E-state index in [9.17, 15) is 9.18 Å². The van der Waals surface area contributed by atoms with E-state index in [0.717, 1.165) is 0 Å². The van der Waals surface area contributed by atoms with Crippen molar-refractivity contribution < 1.29 is 18.6 Å². The fraction of sp³-hybridized carbons (Fsp3) is 0.294. The second-order valence-corrected chi connectivity index (χ2v) is 6.38. The first-order valence-corrected chi connectivity index (χ1v) is 9.04. The molecule has 0 saturated carbocycles. The van der Waals surface area contributed by atoms with Crippen molar-refractivity contribution in [1.29, 1.82) is 0 Å². The van der Waals surface area contributed by atoms with E-state index in [1.807, 2.05) is 0 Å². The Morgan fingerprint density at radius 2 is 2.10 bits per heavy atom. The number of halogens is 1. The normalized spacial score (nSPS) is 15.0. The van der Waals surface area contributed by atoms with Gasteiger partial charge in [0.25, 0.3) is 5.91 Å². The van der Waals surface area contributed by atoms with Gasteiger partial charge in [-0.05, 0) is 16.4 Å². The number of nitrogen functional groups attached to an aromatic ring is 1. The van der Waals surface area contributed by atoms with Gasteiger partial charge in [0.1, 0.15) is 5.82 Å². The first-order valence-electron chi connectivity index (χ1n) is 9.04. The molecule has 3 heterocycles. The van der Waals surface area contributed by atoms with Crippen LogP contribution in [0.1, 0.15) is 21.7 Å². The number of hydrazone groups is 1. The number of rotatable bonds is 6. The molecule has 1 amide bonds. The molecule has 0 atom stereocenters. The van der Waals surface area contributed by atoms with Crippen molar-refractivity contribution >= 4 is 17.9 Å². The summed E-state index contributed by atoms with van der Waals surface area (Å²) >= 11 is 0. The zero-order chi connectivity index (χ0) is 20.9. The van der Waals surface area contributed by atoms with Gasteiger partial charge in [-0.2, -0.15) is 9.78 Å². The maximum absolute atomic E-state index is 13.7. The molecule has 1 aromatic carbocycles. The summed E-state index contributed by atoms with van der Waals surface area (Å²) in [5, 5.41) is 19.0. The largest absolute Gasteiger partial charge is 0.379 e. The van der Waals surface area contributed by atoms with Gasteiger partial charge in [0.15, 0.2) is 5.69 Å². The summed E-state index contributed by atoms with van der Waals surface area (Å²) in [6.45, 7) is 2.82. The van der Waals surface area contributed by atoms with E-state index in [1.165, 1.54) is 23.0 Å². The molecular weight excluding hydrogens is 397 g/mol. The van der Waals surface area contributed by atoms with Gasteiger partial charge in [-0.3, -0.25) is 9.69 Å². The van der Waals surface area contributed by atoms with Gasteiger partial charge in [0.2, 0.25) is 11.6 Å². The van der Waals surface area contributed by atoms with Gasteiger partial charge in [-0.15, -0.1) is 5.10 Å². The number of anilines is 1. The maximum atomic E-state index is 13.7. The molecule has 3 aromatic rings. The fourth-order valence-electron chi connectivity index (χ4n) is 2.89. The predicted molar refractivity (Wildman–Crippen MR) is 101 cm³/mol. The molecule has 156 valence electrons. The van der Waals surface area contributed by atoms with Crippen molar-refractivity contribution in [2.24, 2.45) is 5.10 Å². The van der Waals surface area contributed by atoms with E-state index in [0.29, 0.717) is 38.5 Å². The summed E-state index contributed by atoms with van der Waals surface area (Å²) in [7, 11) is 0. The number of aromatic nitrogens is 5. The number of nitrogens with one attached hydrogen (secondary N) is 1. The van der Waals surface area contributed by atoms with Crippen LogP contribution in [0.5, 0.6) is 0 Å². The van der Waals surface area contributed by atoms with Crippen LogP contribution in [-0.2, 0) is 11.3 Å². The lowest BCUT2D eigenvalue weighted by Crippen LogP contribution is -2.37. The van der Waals surface area contributed by atoms with Crippen molar-refractivity contribution in [3.8, 4) is 5.82 Å². The summed E-state index contributed by atoms with van der Waals surface area (Å²) in [4.78, 5) is 14.8. The number of nitrogens with zero attached hydrogens (tertiary/aromatic N) is 7. The van der Waals surface area contributed by atoms with Crippen molar-refractivity contribution in [2.75, 3.05) is 32.0 Å². The van der Waals surface area contributed by atoms with Crippen molar-refractivity contribution in [2.45, 2.75) is 6.54 Å². The Morgan fingerprint density at radius 1 is 1.30 bits per heavy atom. The summed E-state index contributed by atoms with van der Waals surface area (Å²) in [5.74, 6) is -0.942. The molecule has 1 fully saturated rings.